The summed E-state index contributed by atoms with van der Waals surface area (Å²) in [7, 11) is 0. The van der Waals surface area contributed by atoms with E-state index in [1.165, 1.54) is 12.8 Å². The topological polar surface area (TPSA) is 84.2 Å². The molecule has 0 bridgehead atoms. The van der Waals surface area contributed by atoms with E-state index in [0.29, 0.717) is 12.5 Å². The quantitative estimate of drug-likeness (QED) is 0.444. The van der Waals surface area contributed by atoms with E-state index in [1.807, 2.05) is 4.90 Å². The standard InChI is InChI=1S/C10H19NO4/c12-5-8(14)9-10(15)7(13)4-11(9)3-6-1-2-6/h6-10,12-15H,1-5H2/t7-,8-,9-,10-/m1/s1. The van der Waals surface area contributed by atoms with Crippen LogP contribution in [0.1, 0.15) is 12.8 Å². The Labute approximate surface area is 88.9 Å². The molecule has 1 saturated carbocycles. The van der Waals surface area contributed by atoms with E-state index in [1.54, 1.807) is 0 Å². The molecule has 2 rings (SSSR count). The van der Waals surface area contributed by atoms with Crippen molar-refractivity contribution >= 4 is 0 Å². The number of β-amino-alcohol motifs (C(OH)–C–C–N with tert-alkyl or cyclic N) is 1. The summed E-state index contributed by atoms with van der Waals surface area (Å²) >= 11 is 0. The largest absolute Gasteiger partial charge is 0.394 e. The summed E-state index contributed by atoms with van der Waals surface area (Å²) in [5, 5.41) is 37.7. The summed E-state index contributed by atoms with van der Waals surface area (Å²) in [6.45, 7) is 0.810. The highest BCUT2D eigenvalue weighted by Gasteiger charge is 2.44. The van der Waals surface area contributed by atoms with Crippen LogP contribution in [0.4, 0.5) is 0 Å². The van der Waals surface area contributed by atoms with Gasteiger partial charge in [-0.3, -0.25) is 4.90 Å². The zero-order valence-corrected chi connectivity index (χ0v) is 8.66. The van der Waals surface area contributed by atoms with Crippen molar-refractivity contribution < 1.29 is 20.4 Å². The minimum Gasteiger partial charge on any atom is -0.394 e. The summed E-state index contributed by atoms with van der Waals surface area (Å²) < 4.78 is 0. The number of nitrogens with zero attached hydrogens (tertiary/aromatic N) is 1. The van der Waals surface area contributed by atoms with E-state index >= 15 is 0 Å². The van der Waals surface area contributed by atoms with Gasteiger partial charge in [0.15, 0.2) is 0 Å². The normalized spacial score (nSPS) is 39.6. The van der Waals surface area contributed by atoms with Gasteiger partial charge in [0.25, 0.3) is 0 Å². The molecule has 0 spiro atoms. The van der Waals surface area contributed by atoms with Gasteiger partial charge in [-0.2, -0.15) is 0 Å². The number of rotatable bonds is 4. The van der Waals surface area contributed by atoms with E-state index in [2.05, 4.69) is 0 Å². The summed E-state index contributed by atoms with van der Waals surface area (Å²) in [6, 6.07) is -0.523. The summed E-state index contributed by atoms with van der Waals surface area (Å²) in [5.74, 6) is 0.635. The third-order valence-corrected chi connectivity index (χ3v) is 3.36. The van der Waals surface area contributed by atoms with Crippen LogP contribution in [0.15, 0.2) is 0 Å². The van der Waals surface area contributed by atoms with Crippen LogP contribution in [0.2, 0.25) is 0 Å². The molecule has 0 amide bonds. The van der Waals surface area contributed by atoms with Crippen LogP contribution in [0.3, 0.4) is 0 Å². The first-order valence-corrected chi connectivity index (χ1v) is 5.52. The average molecular weight is 217 g/mol. The highest BCUT2D eigenvalue weighted by atomic mass is 16.3. The third-order valence-electron chi connectivity index (χ3n) is 3.36. The lowest BCUT2D eigenvalue weighted by molar-refractivity contribution is -0.0309. The molecule has 0 radical (unpaired) electrons. The van der Waals surface area contributed by atoms with E-state index in [4.69, 9.17) is 5.11 Å². The van der Waals surface area contributed by atoms with E-state index in [0.717, 1.165) is 6.54 Å². The van der Waals surface area contributed by atoms with E-state index in [9.17, 15) is 15.3 Å². The van der Waals surface area contributed by atoms with Crippen LogP contribution in [-0.4, -0.2) is 69.4 Å². The molecule has 1 aliphatic carbocycles. The van der Waals surface area contributed by atoms with E-state index < -0.39 is 24.4 Å². The van der Waals surface area contributed by atoms with Crippen LogP contribution < -0.4 is 0 Å². The molecule has 5 nitrogen and oxygen atoms in total. The van der Waals surface area contributed by atoms with Gasteiger partial charge in [0.1, 0.15) is 0 Å². The minimum atomic E-state index is -0.976. The third kappa shape index (κ3) is 2.32. The molecule has 1 heterocycles. The predicted octanol–water partition coefficient (Wildman–Crippen LogP) is -1.84. The molecule has 0 aromatic heterocycles. The molecule has 5 heteroatoms. The second-order valence-corrected chi connectivity index (χ2v) is 4.70. The molecule has 2 fully saturated rings. The second-order valence-electron chi connectivity index (χ2n) is 4.70. The van der Waals surface area contributed by atoms with Gasteiger partial charge in [0.05, 0.1) is 31.0 Å². The Kier molecular flexibility index (Phi) is 3.27. The van der Waals surface area contributed by atoms with Crippen molar-refractivity contribution in [2.75, 3.05) is 19.7 Å². The maximum Gasteiger partial charge on any atom is 0.0992 e. The number of aliphatic hydroxyl groups is 4. The Morgan fingerprint density at radius 3 is 2.47 bits per heavy atom. The average Bonchev–Trinajstić information content (AvgIpc) is 2.96. The smallest absolute Gasteiger partial charge is 0.0992 e. The van der Waals surface area contributed by atoms with Gasteiger partial charge in [0, 0.05) is 13.1 Å². The first kappa shape index (κ1) is 11.3. The fourth-order valence-electron chi connectivity index (χ4n) is 2.32. The number of likely N-dealkylation sites (tertiary alicyclic amines) is 1. The molecule has 15 heavy (non-hydrogen) atoms. The van der Waals surface area contributed by atoms with Crippen molar-refractivity contribution in [3.63, 3.8) is 0 Å². The van der Waals surface area contributed by atoms with Gasteiger partial charge in [0.2, 0.25) is 0 Å². The van der Waals surface area contributed by atoms with Crippen molar-refractivity contribution in [2.24, 2.45) is 5.92 Å². The SMILES string of the molecule is OC[C@@H](O)[C@@H]1[C@H](O)[C@H](O)CN1CC1CC1. The summed E-state index contributed by atoms with van der Waals surface area (Å²) in [6.07, 6.45) is -0.369. The van der Waals surface area contributed by atoms with Crippen molar-refractivity contribution in [3.05, 3.63) is 0 Å². The van der Waals surface area contributed by atoms with Crippen molar-refractivity contribution in [2.45, 2.75) is 37.2 Å². The fraction of sp³-hybridized carbons (Fsp3) is 1.00. The number of aliphatic hydroxyl groups excluding tert-OH is 4. The molecular formula is C10H19NO4. The zero-order valence-electron chi connectivity index (χ0n) is 8.66. The zero-order chi connectivity index (χ0) is 11.0. The van der Waals surface area contributed by atoms with Crippen LogP contribution in [0.25, 0.3) is 0 Å². The van der Waals surface area contributed by atoms with Gasteiger partial charge >= 0.3 is 0 Å². The van der Waals surface area contributed by atoms with E-state index in [-0.39, 0.29) is 6.61 Å². The first-order chi connectivity index (χ1) is 7.13. The van der Waals surface area contributed by atoms with Crippen molar-refractivity contribution in [3.8, 4) is 0 Å². The predicted molar refractivity (Wildman–Crippen MR) is 53.2 cm³/mol. The maximum atomic E-state index is 9.70. The van der Waals surface area contributed by atoms with Crippen molar-refractivity contribution in [1.82, 2.24) is 4.90 Å². The molecule has 4 atom stereocenters. The molecule has 88 valence electrons. The minimum absolute atomic E-state index is 0.379. The molecular weight excluding hydrogens is 198 g/mol. The molecule has 0 aromatic carbocycles. The number of hydrogen-bond acceptors (Lipinski definition) is 5. The highest BCUT2D eigenvalue weighted by molar-refractivity contribution is 4.98. The molecule has 4 N–H and O–H groups in total. The monoisotopic (exact) mass is 217 g/mol. The maximum absolute atomic E-state index is 9.70. The summed E-state index contributed by atoms with van der Waals surface area (Å²) in [5.41, 5.74) is 0. The second kappa shape index (κ2) is 4.35. The summed E-state index contributed by atoms with van der Waals surface area (Å²) in [4.78, 5) is 1.90. The van der Waals surface area contributed by atoms with Gasteiger partial charge in [-0.25, -0.2) is 0 Å². The van der Waals surface area contributed by atoms with Gasteiger partial charge in [-0.1, -0.05) is 0 Å². The fourth-order valence-corrected chi connectivity index (χ4v) is 2.32. The van der Waals surface area contributed by atoms with Crippen LogP contribution in [-0.2, 0) is 0 Å². The lowest BCUT2D eigenvalue weighted by atomic mass is 10.1. The van der Waals surface area contributed by atoms with Gasteiger partial charge in [-0.05, 0) is 18.8 Å². The van der Waals surface area contributed by atoms with Gasteiger partial charge < -0.3 is 20.4 Å². The Morgan fingerprint density at radius 2 is 1.93 bits per heavy atom. The lowest BCUT2D eigenvalue weighted by Gasteiger charge is -2.28. The van der Waals surface area contributed by atoms with Crippen LogP contribution >= 0.6 is 0 Å². The molecule has 0 aromatic rings. The Morgan fingerprint density at radius 1 is 1.27 bits per heavy atom. The Bertz CT molecular complexity index is 219. The molecule has 1 saturated heterocycles. The lowest BCUT2D eigenvalue weighted by Crippen LogP contribution is -2.47. The number of hydrogen-bond donors (Lipinski definition) is 4. The Balaban J connectivity index is 1.99. The highest BCUT2D eigenvalue weighted by Crippen LogP contribution is 2.33. The van der Waals surface area contributed by atoms with Crippen molar-refractivity contribution in [1.29, 1.82) is 0 Å². The first-order valence-electron chi connectivity index (χ1n) is 5.52. The van der Waals surface area contributed by atoms with Gasteiger partial charge in [-0.15, -0.1) is 0 Å². The molecule has 1 aliphatic heterocycles. The Hall–Kier alpha value is -0.200. The van der Waals surface area contributed by atoms with Crippen LogP contribution in [0.5, 0.6) is 0 Å². The van der Waals surface area contributed by atoms with Crippen LogP contribution in [0, 0.1) is 5.92 Å². The molecule has 2 aliphatic rings. The molecule has 0 unspecified atom stereocenters.